The van der Waals surface area contributed by atoms with Crippen LogP contribution >= 0.6 is 0 Å². The molecule has 4 rings (SSSR count). The van der Waals surface area contributed by atoms with Crippen molar-refractivity contribution in [2.75, 3.05) is 18.0 Å². The number of hydrogen-bond acceptors (Lipinski definition) is 5. The third kappa shape index (κ3) is 5.30. The molecule has 0 aromatic heterocycles. The Balaban J connectivity index is 1.78. The highest BCUT2D eigenvalue weighted by Gasteiger charge is 2.45. The van der Waals surface area contributed by atoms with Gasteiger partial charge in [-0.25, -0.2) is 0 Å². The number of hydrogen-bond donors (Lipinski definition) is 2. The molecule has 2 aliphatic heterocycles. The van der Waals surface area contributed by atoms with Gasteiger partial charge in [0.05, 0.1) is 15.2 Å². The molecule has 8 nitrogen and oxygen atoms in total. The van der Waals surface area contributed by atoms with Crippen molar-refractivity contribution in [2.45, 2.75) is 81.4 Å². The average Bonchev–Trinajstić information content (AvgIpc) is 3.21. The van der Waals surface area contributed by atoms with Crippen LogP contribution in [0.25, 0.3) is 0 Å². The highest BCUT2D eigenvalue weighted by atomic mass is 32.2. The molecule has 2 heterocycles. The number of fused-ring (bicyclic) bond motifs is 2. The van der Waals surface area contributed by atoms with Gasteiger partial charge in [0.15, 0.2) is 5.71 Å². The Morgan fingerprint density at radius 3 is 2.02 bits per heavy atom. The van der Waals surface area contributed by atoms with Crippen molar-refractivity contribution in [2.24, 2.45) is 0 Å². The topological polar surface area (TPSA) is 115 Å². The van der Waals surface area contributed by atoms with E-state index in [2.05, 4.69) is 36.3 Å². The lowest BCUT2D eigenvalue weighted by Crippen LogP contribution is -2.28. The summed E-state index contributed by atoms with van der Waals surface area (Å²) >= 11 is 0. The smallest absolute Gasteiger partial charge is 0.294 e. The van der Waals surface area contributed by atoms with Crippen molar-refractivity contribution >= 4 is 37.3 Å². The Bertz CT molecular complexity index is 1650. The minimum atomic E-state index is -4.33. The van der Waals surface area contributed by atoms with E-state index in [-0.39, 0.29) is 9.79 Å². The van der Waals surface area contributed by atoms with Crippen LogP contribution in [0.15, 0.2) is 70.1 Å². The second-order valence-corrected chi connectivity index (χ2v) is 14.3. The molecule has 0 aliphatic carbocycles. The van der Waals surface area contributed by atoms with Crippen molar-refractivity contribution in [3.8, 4) is 0 Å². The van der Waals surface area contributed by atoms with E-state index in [1.807, 2.05) is 32.9 Å². The first-order valence-corrected chi connectivity index (χ1v) is 16.5. The molecule has 0 saturated heterocycles. The number of anilines is 1. The predicted molar refractivity (Wildman–Crippen MR) is 158 cm³/mol. The van der Waals surface area contributed by atoms with Gasteiger partial charge < -0.3 is 4.90 Å². The van der Waals surface area contributed by atoms with Gasteiger partial charge in [-0.1, -0.05) is 39.7 Å². The number of unbranched alkanes of at least 4 members (excludes halogenated alkanes) is 2. The lowest BCUT2D eigenvalue weighted by atomic mass is 9.81. The Hall–Kier alpha value is -2.79. The summed E-state index contributed by atoms with van der Waals surface area (Å²) in [4.78, 5) is 1.99. The van der Waals surface area contributed by atoms with Crippen molar-refractivity contribution in [1.29, 1.82) is 0 Å². The monoisotopic (exact) mass is 587 g/mol. The maximum atomic E-state index is 11.9. The third-order valence-electron chi connectivity index (χ3n) is 8.13. The van der Waals surface area contributed by atoms with E-state index in [1.165, 1.54) is 12.1 Å². The van der Waals surface area contributed by atoms with E-state index in [4.69, 9.17) is 0 Å². The summed E-state index contributed by atoms with van der Waals surface area (Å²) in [6.07, 6.45) is 9.21. The average molecular weight is 588 g/mol. The molecule has 10 heteroatoms. The number of allylic oxidation sites excluding steroid dienone is 4. The van der Waals surface area contributed by atoms with Crippen molar-refractivity contribution in [3.05, 3.63) is 71.5 Å². The van der Waals surface area contributed by atoms with E-state index in [0.29, 0.717) is 6.54 Å². The Labute approximate surface area is 238 Å². The van der Waals surface area contributed by atoms with Crippen LogP contribution in [0, 0.1) is 0 Å². The van der Waals surface area contributed by atoms with E-state index in [9.17, 15) is 25.9 Å². The van der Waals surface area contributed by atoms with Gasteiger partial charge in [0.25, 0.3) is 20.2 Å². The maximum Gasteiger partial charge on any atom is 0.294 e. The van der Waals surface area contributed by atoms with Crippen LogP contribution in [0.3, 0.4) is 0 Å². The molecule has 0 amide bonds. The van der Waals surface area contributed by atoms with E-state index < -0.39 is 31.1 Å². The molecule has 2 N–H and O–H groups in total. The molecule has 0 saturated carbocycles. The maximum absolute atomic E-state index is 11.9. The number of benzene rings is 2. The molecule has 0 bridgehead atoms. The standard InChI is InChI=1S/C30H38N2O6S2/c1-7-9-10-18-32-26-17-15-22(40(36,37)38)20-24(26)30(5,6)28(32)13-11-12-27-29(3,4)23-19-21(39(33,34)35)14-16-25(23)31(27)8-2/h11-17,19-20H,7-10,18H2,1-6H3,(H-,33,34,35,36,37,38)/p+1. The minimum Gasteiger partial charge on any atom is -0.344 e. The van der Waals surface area contributed by atoms with Crippen LogP contribution in [0.2, 0.25) is 0 Å². The first-order chi connectivity index (χ1) is 18.5. The minimum absolute atomic E-state index is 0.117. The number of nitrogens with zero attached hydrogens (tertiary/aromatic N) is 2. The van der Waals surface area contributed by atoms with Crippen LogP contribution in [0.5, 0.6) is 0 Å². The van der Waals surface area contributed by atoms with Crippen molar-refractivity contribution in [1.82, 2.24) is 0 Å². The first kappa shape index (κ1) is 30.2. The van der Waals surface area contributed by atoms with Gasteiger partial charge in [0, 0.05) is 41.1 Å². The molecule has 216 valence electrons. The van der Waals surface area contributed by atoms with E-state index in [0.717, 1.165) is 59.7 Å². The first-order valence-electron chi connectivity index (χ1n) is 13.6. The summed E-state index contributed by atoms with van der Waals surface area (Å²) in [6, 6.07) is 9.50. The summed E-state index contributed by atoms with van der Waals surface area (Å²) < 4.78 is 68.8. The molecule has 0 radical (unpaired) electrons. The summed E-state index contributed by atoms with van der Waals surface area (Å²) in [5.41, 5.74) is 4.49. The van der Waals surface area contributed by atoms with Gasteiger partial charge in [0.1, 0.15) is 6.54 Å². The van der Waals surface area contributed by atoms with E-state index >= 15 is 0 Å². The molecule has 2 aromatic carbocycles. The van der Waals surface area contributed by atoms with Crippen LogP contribution in [0.1, 0.15) is 71.9 Å². The zero-order chi connectivity index (χ0) is 29.7. The van der Waals surface area contributed by atoms with Gasteiger partial charge in [-0.3, -0.25) is 9.11 Å². The fourth-order valence-corrected chi connectivity index (χ4v) is 6.98. The summed E-state index contributed by atoms with van der Waals surface area (Å²) in [5, 5.41) is 0. The molecular formula is C30H39N2O6S2+. The van der Waals surface area contributed by atoms with Gasteiger partial charge in [-0.15, -0.1) is 0 Å². The highest BCUT2D eigenvalue weighted by Crippen LogP contribution is 2.48. The van der Waals surface area contributed by atoms with E-state index in [1.54, 1.807) is 24.3 Å². The third-order valence-corrected chi connectivity index (χ3v) is 9.83. The Kier molecular flexibility index (Phi) is 7.96. The molecule has 0 atom stereocenters. The van der Waals surface area contributed by atoms with Crippen LogP contribution < -0.4 is 4.90 Å². The zero-order valence-corrected chi connectivity index (χ0v) is 25.6. The molecule has 40 heavy (non-hydrogen) atoms. The van der Waals surface area contributed by atoms with Crippen LogP contribution in [-0.4, -0.2) is 49.3 Å². The second kappa shape index (κ2) is 10.6. The van der Waals surface area contributed by atoms with Gasteiger partial charge in [0.2, 0.25) is 5.69 Å². The van der Waals surface area contributed by atoms with Crippen molar-refractivity contribution in [3.63, 3.8) is 0 Å². The molecule has 2 aliphatic rings. The Morgan fingerprint density at radius 2 is 1.45 bits per heavy atom. The summed E-state index contributed by atoms with van der Waals surface area (Å²) in [5.74, 6) is 0. The van der Waals surface area contributed by atoms with Gasteiger partial charge >= 0.3 is 0 Å². The van der Waals surface area contributed by atoms with Gasteiger partial charge in [-0.05, 0) is 69.2 Å². The predicted octanol–water partition coefficient (Wildman–Crippen LogP) is 6.00. The molecule has 0 fully saturated rings. The molecular weight excluding hydrogens is 548 g/mol. The summed E-state index contributed by atoms with van der Waals surface area (Å²) in [6.45, 7) is 13.8. The molecule has 2 aromatic rings. The normalized spacial score (nSPS) is 19.1. The van der Waals surface area contributed by atoms with Crippen LogP contribution in [-0.2, 0) is 31.1 Å². The van der Waals surface area contributed by atoms with Gasteiger partial charge in [-0.2, -0.15) is 21.4 Å². The quantitative estimate of drug-likeness (QED) is 0.210. The largest absolute Gasteiger partial charge is 0.344 e. The molecule has 0 unspecified atom stereocenters. The Morgan fingerprint density at radius 1 is 0.850 bits per heavy atom. The van der Waals surface area contributed by atoms with Crippen molar-refractivity contribution < 1.29 is 30.5 Å². The van der Waals surface area contributed by atoms with Crippen LogP contribution in [0.4, 0.5) is 11.4 Å². The second-order valence-electron chi connectivity index (χ2n) is 11.5. The SMILES string of the molecule is CCCCCN1/C(=C/C=C/C2=[N+](CC)c3ccc(S(=O)(=O)O)cc3C2(C)C)C(C)(C)c2cc(S(=O)(=O)O)ccc21. The zero-order valence-electron chi connectivity index (χ0n) is 24.0. The highest BCUT2D eigenvalue weighted by molar-refractivity contribution is 7.86. The molecule has 0 spiro atoms. The summed E-state index contributed by atoms with van der Waals surface area (Å²) in [7, 11) is -8.66. The fourth-order valence-electron chi connectivity index (χ4n) is 5.96. The number of rotatable bonds is 9. The lowest BCUT2D eigenvalue weighted by Gasteiger charge is -2.27. The fraction of sp³-hybridized carbons (Fsp3) is 0.433. The lowest BCUT2D eigenvalue weighted by molar-refractivity contribution is -0.433.